The minimum Gasteiger partial charge on any atom is -0.497 e. The molecule has 294 valence electrons. The number of aryl methyl sites for hydroxylation is 1. The number of benzene rings is 3. The average Bonchev–Trinajstić information content (AvgIpc) is 3.82. The van der Waals surface area contributed by atoms with Crippen molar-refractivity contribution in [1.29, 1.82) is 0 Å². The molecule has 0 amide bonds. The van der Waals surface area contributed by atoms with Gasteiger partial charge in [-0.1, -0.05) is 54.6 Å². The van der Waals surface area contributed by atoms with Crippen molar-refractivity contribution in [2.45, 2.75) is 81.1 Å². The van der Waals surface area contributed by atoms with Gasteiger partial charge in [0.1, 0.15) is 28.4 Å². The number of esters is 1. The highest BCUT2D eigenvalue weighted by Gasteiger charge is 2.84. The number of rotatable bonds is 13. The van der Waals surface area contributed by atoms with Crippen molar-refractivity contribution in [3.05, 3.63) is 128 Å². The van der Waals surface area contributed by atoms with Crippen molar-refractivity contribution in [3.63, 3.8) is 0 Å². The van der Waals surface area contributed by atoms with Crippen LogP contribution in [-0.2, 0) is 24.6 Å². The predicted octanol–water partition coefficient (Wildman–Crippen LogP) is 5.04. The summed E-state index contributed by atoms with van der Waals surface area (Å²) < 4.78 is 32.1. The number of aromatic nitrogens is 2. The molecule has 3 unspecified atom stereocenters. The summed E-state index contributed by atoms with van der Waals surface area (Å²) in [7, 11) is 4.71. The Hall–Kier alpha value is -4.75. The predicted molar refractivity (Wildman–Crippen MR) is 205 cm³/mol. The summed E-state index contributed by atoms with van der Waals surface area (Å²) in [5.41, 5.74) is -1.41. The Balaban J connectivity index is 1.10. The second-order valence-corrected chi connectivity index (χ2v) is 16.9. The number of aromatic amines is 1. The molecule has 2 aliphatic heterocycles. The zero-order valence-electron chi connectivity index (χ0n) is 32.3. The van der Waals surface area contributed by atoms with Crippen LogP contribution in [0.4, 0.5) is 0 Å². The molecule has 2 bridgehead atoms. The number of hydrogen-bond donors (Lipinski definition) is 2. The molecule has 2 saturated heterocycles. The van der Waals surface area contributed by atoms with E-state index in [0.717, 1.165) is 48.8 Å². The third kappa shape index (κ3) is 5.43. The smallest absolute Gasteiger partial charge is 0.330 e. The molecule has 0 spiro atoms. The van der Waals surface area contributed by atoms with Crippen LogP contribution in [0.1, 0.15) is 73.4 Å². The maximum Gasteiger partial charge on any atom is 0.330 e. The first-order chi connectivity index (χ1) is 26.9. The summed E-state index contributed by atoms with van der Waals surface area (Å²) in [5, 5.41) is 12.6. The molecule has 56 heavy (non-hydrogen) atoms. The van der Waals surface area contributed by atoms with Crippen LogP contribution in [0.5, 0.6) is 11.5 Å². The number of piperidine rings is 1. The summed E-state index contributed by atoms with van der Waals surface area (Å²) in [6, 6.07) is 25.3. The molecule has 9 rings (SSSR count). The number of methoxy groups -OCH3 is 3. The molecule has 5 fully saturated rings. The Morgan fingerprint density at radius 3 is 2.04 bits per heavy atom. The van der Waals surface area contributed by atoms with Crippen molar-refractivity contribution < 1.29 is 33.6 Å². The molecule has 3 heterocycles. The highest BCUT2D eigenvalue weighted by molar-refractivity contribution is 5.70. The summed E-state index contributed by atoms with van der Waals surface area (Å²) in [6.45, 7) is 2.38. The topological polar surface area (TPSA) is 142 Å². The second-order valence-electron chi connectivity index (χ2n) is 16.9. The van der Waals surface area contributed by atoms with E-state index in [1.54, 1.807) is 27.3 Å². The minimum atomic E-state index is -1.18. The number of H-pyrrole nitrogens is 1. The number of aliphatic hydroxyl groups is 1. The molecule has 5 aliphatic rings. The van der Waals surface area contributed by atoms with Crippen LogP contribution in [0.15, 0.2) is 94.6 Å². The first kappa shape index (κ1) is 36.9. The molecule has 3 aromatic carbocycles. The largest absolute Gasteiger partial charge is 0.497 e. The SMILES string of the molecule is COC(=O)CC12CCC(CN3C4C5C3(O)C[C@]5(COC(c3ccccc3)(c3ccc(OC)cc3)c3ccc(OC)cc3)O[C@H]4n3cc(C)c(=O)[nH]c3=O)(CC1)C2. The van der Waals surface area contributed by atoms with Gasteiger partial charge in [0.15, 0.2) is 6.23 Å². The van der Waals surface area contributed by atoms with Crippen LogP contribution < -0.4 is 20.7 Å². The Bertz CT molecular complexity index is 2200. The van der Waals surface area contributed by atoms with Gasteiger partial charge in [-0.05, 0) is 90.8 Å². The van der Waals surface area contributed by atoms with Gasteiger partial charge in [0.05, 0.1) is 46.3 Å². The number of fused-ring (bicyclic) bond motifs is 2. The Kier molecular flexibility index (Phi) is 8.66. The van der Waals surface area contributed by atoms with Gasteiger partial charge < -0.3 is 28.8 Å². The van der Waals surface area contributed by atoms with E-state index in [9.17, 15) is 19.5 Å². The fourth-order valence-electron chi connectivity index (χ4n) is 11.3. The van der Waals surface area contributed by atoms with Crippen LogP contribution in [-0.4, -0.2) is 77.4 Å². The molecule has 2 N–H and O–H groups in total. The van der Waals surface area contributed by atoms with E-state index < -0.39 is 34.4 Å². The van der Waals surface area contributed by atoms with Crippen molar-refractivity contribution in [1.82, 2.24) is 14.5 Å². The van der Waals surface area contributed by atoms with Crippen molar-refractivity contribution in [2.75, 3.05) is 34.5 Å². The normalized spacial score (nSPS) is 31.3. The molecule has 3 saturated carbocycles. The van der Waals surface area contributed by atoms with Crippen LogP contribution in [0.2, 0.25) is 0 Å². The molecular formula is C44H49N3O9. The van der Waals surface area contributed by atoms with Gasteiger partial charge in [-0.2, -0.15) is 0 Å². The lowest BCUT2D eigenvalue weighted by molar-refractivity contribution is -0.366. The number of likely N-dealkylation sites (tertiary alicyclic amines) is 1. The third-order valence-corrected chi connectivity index (χ3v) is 14.0. The lowest BCUT2D eigenvalue weighted by atomic mass is 9.53. The summed E-state index contributed by atoms with van der Waals surface area (Å²) in [6.07, 6.45) is 6.13. The molecule has 12 heteroatoms. The molecule has 5 atom stereocenters. The lowest BCUT2D eigenvalue weighted by Gasteiger charge is -2.71. The van der Waals surface area contributed by atoms with Gasteiger partial charge in [-0.3, -0.25) is 24.0 Å². The molecule has 4 aromatic rings. The fraction of sp³-hybridized carbons (Fsp3) is 0.477. The number of carbonyl (C=O) groups excluding carboxylic acids is 1. The first-order valence-electron chi connectivity index (χ1n) is 19.5. The molecule has 12 nitrogen and oxygen atoms in total. The van der Waals surface area contributed by atoms with E-state index in [1.165, 1.54) is 11.7 Å². The van der Waals surface area contributed by atoms with E-state index >= 15 is 0 Å². The van der Waals surface area contributed by atoms with E-state index in [1.807, 2.05) is 78.9 Å². The van der Waals surface area contributed by atoms with Crippen LogP contribution in [0.25, 0.3) is 0 Å². The summed E-state index contributed by atoms with van der Waals surface area (Å²) >= 11 is 0. The molecule has 0 radical (unpaired) electrons. The number of nitrogens with one attached hydrogen (secondary N) is 1. The molecular weight excluding hydrogens is 714 g/mol. The van der Waals surface area contributed by atoms with E-state index in [4.69, 9.17) is 23.7 Å². The van der Waals surface area contributed by atoms with Crippen molar-refractivity contribution in [2.24, 2.45) is 16.7 Å². The van der Waals surface area contributed by atoms with E-state index in [0.29, 0.717) is 30.0 Å². The number of ether oxygens (including phenoxy) is 5. The van der Waals surface area contributed by atoms with Crippen molar-refractivity contribution >= 4 is 5.97 Å². The van der Waals surface area contributed by atoms with Gasteiger partial charge in [-0.25, -0.2) is 4.79 Å². The Morgan fingerprint density at radius 1 is 0.857 bits per heavy atom. The van der Waals surface area contributed by atoms with E-state index in [-0.39, 0.29) is 41.8 Å². The van der Waals surface area contributed by atoms with Crippen molar-refractivity contribution in [3.8, 4) is 11.5 Å². The number of carbonyl (C=O) groups is 1. The standard InChI is InChI=1S/C44H49N3O9/c1-28-23-46(39(50)45-37(28)49)38-35-36-42(56-38,25-43(36,51)47(35)26-41-20-18-40(24-41,19-21-41)22-34(48)54-4)27-55-44(29-8-6-5-7-9-29,30-10-14-32(52-2)15-11-30)31-12-16-33(53-3)17-13-31/h5-17,23,35-36,38,51H,18-22,24-27H2,1-4H3,(H,45,49,50)/t35?,36?,38-,40?,41?,42-,43?/m1/s1. The maximum atomic E-state index is 13.5. The third-order valence-electron chi connectivity index (χ3n) is 14.0. The fourth-order valence-corrected chi connectivity index (χ4v) is 11.3. The zero-order chi connectivity index (χ0) is 39.1. The Morgan fingerprint density at radius 2 is 1.45 bits per heavy atom. The first-order valence-corrected chi connectivity index (χ1v) is 19.5. The maximum absolute atomic E-state index is 13.5. The van der Waals surface area contributed by atoms with Crippen LogP contribution in [0, 0.1) is 23.7 Å². The number of nitrogens with zero attached hydrogens (tertiary/aromatic N) is 2. The van der Waals surface area contributed by atoms with Gasteiger partial charge >= 0.3 is 11.7 Å². The molecule has 3 aliphatic carbocycles. The highest BCUT2D eigenvalue weighted by Crippen LogP contribution is 2.72. The van der Waals surface area contributed by atoms with Crippen LogP contribution >= 0.6 is 0 Å². The number of hydrogen-bond acceptors (Lipinski definition) is 10. The van der Waals surface area contributed by atoms with Gasteiger partial charge in [0, 0.05) is 24.7 Å². The van der Waals surface area contributed by atoms with E-state index in [2.05, 4.69) is 9.88 Å². The van der Waals surface area contributed by atoms with Gasteiger partial charge in [0.2, 0.25) is 0 Å². The quantitative estimate of drug-likeness (QED) is 0.141. The summed E-state index contributed by atoms with van der Waals surface area (Å²) in [4.78, 5) is 43.1. The zero-order valence-corrected chi connectivity index (χ0v) is 32.3. The lowest BCUT2D eigenvalue weighted by Crippen LogP contribution is -2.86. The molecule has 1 aromatic heterocycles. The second kappa shape index (κ2) is 13.2. The monoisotopic (exact) mass is 763 g/mol. The van der Waals surface area contributed by atoms with Gasteiger partial charge in [-0.15, -0.1) is 0 Å². The van der Waals surface area contributed by atoms with Gasteiger partial charge in [0.25, 0.3) is 5.56 Å². The average molecular weight is 764 g/mol. The summed E-state index contributed by atoms with van der Waals surface area (Å²) in [5.74, 6) is 0.863. The highest BCUT2D eigenvalue weighted by atomic mass is 16.6. The Labute approximate surface area is 325 Å². The minimum absolute atomic E-state index is 0.0757. The van der Waals surface area contributed by atoms with Crippen LogP contribution in [0.3, 0.4) is 0 Å².